The summed E-state index contributed by atoms with van der Waals surface area (Å²) in [5.74, 6) is -1.66. The Morgan fingerprint density at radius 3 is 2.64 bits per heavy atom. The Hall–Kier alpha value is -0.870. The number of Topliss-reactive ketones (excluding diaryl/α,β-unsaturated/α-hetero) is 1. The molecule has 0 unspecified atom stereocenters. The molecule has 1 aromatic carbocycles. The van der Waals surface area contributed by atoms with Crippen molar-refractivity contribution in [1.29, 1.82) is 0 Å². The number of carboxylic acid groups (broad SMARTS) is 1. The largest absolute Gasteiger partial charge is 0.481 e. The lowest BCUT2D eigenvalue weighted by Gasteiger charge is -2.01. The molecule has 3 nitrogen and oxygen atoms in total. The van der Waals surface area contributed by atoms with Crippen LogP contribution in [0.15, 0.2) is 22.7 Å². The van der Waals surface area contributed by atoms with Gasteiger partial charge in [0, 0.05) is 10.0 Å². The van der Waals surface area contributed by atoms with Gasteiger partial charge in [0.2, 0.25) is 0 Å². The Bertz CT molecular complexity index is 390. The third-order valence-electron chi connectivity index (χ3n) is 1.54. The molecule has 0 atom stereocenters. The average molecular weight is 278 g/mol. The minimum atomic E-state index is -1.16. The van der Waals surface area contributed by atoms with Crippen molar-refractivity contribution in [2.24, 2.45) is 0 Å². The van der Waals surface area contributed by atoms with E-state index < -0.39 is 18.2 Å². The van der Waals surface area contributed by atoms with E-state index in [9.17, 15) is 9.59 Å². The summed E-state index contributed by atoms with van der Waals surface area (Å²) in [5, 5.41) is 8.69. The summed E-state index contributed by atoms with van der Waals surface area (Å²) in [7, 11) is 0. The van der Waals surface area contributed by atoms with Gasteiger partial charge in [-0.25, -0.2) is 0 Å². The van der Waals surface area contributed by atoms with E-state index in [1.54, 1.807) is 12.1 Å². The Balaban J connectivity index is 3.00. The molecule has 1 aromatic rings. The molecule has 14 heavy (non-hydrogen) atoms. The van der Waals surface area contributed by atoms with Crippen LogP contribution in [-0.2, 0) is 4.79 Å². The van der Waals surface area contributed by atoms with E-state index in [1.807, 2.05) is 0 Å². The monoisotopic (exact) mass is 276 g/mol. The number of carboxylic acids is 1. The van der Waals surface area contributed by atoms with Gasteiger partial charge in [0.05, 0.1) is 5.02 Å². The fraction of sp³-hybridized carbons (Fsp3) is 0.111. The van der Waals surface area contributed by atoms with Crippen LogP contribution in [0.4, 0.5) is 0 Å². The van der Waals surface area contributed by atoms with Gasteiger partial charge in [0.15, 0.2) is 5.78 Å². The molecule has 0 saturated heterocycles. The van der Waals surface area contributed by atoms with Crippen molar-refractivity contribution in [2.75, 3.05) is 0 Å². The normalized spacial score (nSPS) is 9.86. The second kappa shape index (κ2) is 4.57. The first-order chi connectivity index (χ1) is 6.50. The quantitative estimate of drug-likeness (QED) is 0.683. The molecule has 0 fully saturated rings. The third kappa shape index (κ3) is 2.82. The van der Waals surface area contributed by atoms with E-state index in [0.29, 0.717) is 4.47 Å². The smallest absolute Gasteiger partial charge is 0.311 e. The van der Waals surface area contributed by atoms with Crippen LogP contribution in [0.2, 0.25) is 5.02 Å². The molecule has 74 valence electrons. The van der Waals surface area contributed by atoms with Gasteiger partial charge >= 0.3 is 5.97 Å². The van der Waals surface area contributed by atoms with E-state index in [2.05, 4.69) is 15.9 Å². The van der Waals surface area contributed by atoms with Crippen LogP contribution >= 0.6 is 27.5 Å². The number of carbonyl (C=O) groups is 2. The van der Waals surface area contributed by atoms with Crippen LogP contribution in [0, 0.1) is 0 Å². The van der Waals surface area contributed by atoms with Crippen LogP contribution in [0.3, 0.4) is 0 Å². The average Bonchev–Trinajstić information content (AvgIpc) is 2.08. The molecule has 5 heteroatoms. The van der Waals surface area contributed by atoms with Crippen LogP contribution in [-0.4, -0.2) is 16.9 Å². The predicted molar refractivity (Wildman–Crippen MR) is 55.7 cm³/mol. The number of rotatable bonds is 3. The van der Waals surface area contributed by atoms with Crippen molar-refractivity contribution in [1.82, 2.24) is 0 Å². The van der Waals surface area contributed by atoms with Gasteiger partial charge < -0.3 is 5.11 Å². The number of carbonyl (C=O) groups excluding carboxylic acids is 1. The first-order valence-electron chi connectivity index (χ1n) is 3.70. The summed E-state index contributed by atoms with van der Waals surface area (Å²) >= 11 is 8.91. The molecule has 1 rings (SSSR count). The minimum absolute atomic E-state index is 0.225. The topological polar surface area (TPSA) is 54.4 Å². The highest BCUT2D eigenvalue weighted by molar-refractivity contribution is 9.10. The zero-order valence-corrected chi connectivity index (χ0v) is 9.30. The molecule has 0 aliphatic carbocycles. The zero-order chi connectivity index (χ0) is 10.7. The van der Waals surface area contributed by atoms with Gasteiger partial charge in [0.25, 0.3) is 0 Å². The van der Waals surface area contributed by atoms with Crippen LogP contribution in [0.25, 0.3) is 0 Å². The molecular formula is C9H6BrClO3. The second-order valence-corrected chi connectivity index (χ2v) is 3.94. The van der Waals surface area contributed by atoms with Gasteiger partial charge in [-0.2, -0.15) is 0 Å². The fourth-order valence-corrected chi connectivity index (χ4v) is 1.53. The second-order valence-electron chi connectivity index (χ2n) is 2.62. The van der Waals surface area contributed by atoms with Crippen molar-refractivity contribution in [3.8, 4) is 0 Å². The van der Waals surface area contributed by atoms with Gasteiger partial charge in [-0.15, -0.1) is 0 Å². The molecule has 0 bridgehead atoms. The summed E-state index contributed by atoms with van der Waals surface area (Å²) in [6.45, 7) is 0. The van der Waals surface area contributed by atoms with E-state index in [1.165, 1.54) is 6.07 Å². The SMILES string of the molecule is O=C(O)CC(=O)c1cc(Br)ccc1Cl. The fourth-order valence-electron chi connectivity index (χ4n) is 0.944. The lowest BCUT2D eigenvalue weighted by Crippen LogP contribution is -2.07. The van der Waals surface area contributed by atoms with Crippen LogP contribution < -0.4 is 0 Å². The number of ketones is 1. The van der Waals surface area contributed by atoms with E-state index in [-0.39, 0.29) is 10.6 Å². The summed E-state index contributed by atoms with van der Waals surface area (Å²) in [5.41, 5.74) is 0.225. The maximum absolute atomic E-state index is 11.3. The standard InChI is InChI=1S/C9H6BrClO3/c10-5-1-2-7(11)6(3-5)8(12)4-9(13)14/h1-3H,4H2,(H,13,14). The number of halogens is 2. The number of benzene rings is 1. The number of hydrogen-bond donors (Lipinski definition) is 1. The Morgan fingerprint density at radius 2 is 2.07 bits per heavy atom. The van der Waals surface area contributed by atoms with Gasteiger partial charge in [0.1, 0.15) is 6.42 Å². The Labute approximate surface area is 93.8 Å². The summed E-state index contributed by atoms with van der Waals surface area (Å²) < 4.78 is 0.690. The van der Waals surface area contributed by atoms with Gasteiger partial charge in [-0.3, -0.25) is 9.59 Å². The number of hydrogen-bond acceptors (Lipinski definition) is 2. The number of aliphatic carboxylic acids is 1. The lowest BCUT2D eigenvalue weighted by atomic mass is 10.1. The molecule has 0 aliphatic heterocycles. The van der Waals surface area contributed by atoms with Crippen molar-refractivity contribution >= 4 is 39.3 Å². The molecule has 0 radical (unpaired) electrons. The van der Waals surface area contributed by atoms with Crippen LogP contribution in [0.1, 0.15) is 16.8 Å². The Kier molecular flexibility index (Phi) is 3.66. The summed E-state index contributed by atoms with van der Waals surface area (Å²) in [4.78, 5) is 21.6. The molecule has 0 amide bonds. The molecule has 0 heterocycles. The van der Waals surface area contributed by atoms with Gasteiger partial charge in [-0.1, -0.05) is 27.5 Å². The van der Waals surface area contributed by atoms with E-state index in [4.69, 9.17) is 16.7 Å². The molecule has 0 saturated carbocycles. The van der Waals surface area contributed by atoms with Crippen molar-refractivity contribution in [3.63, 3.8) is 0 Å². The van der Waals surface area contributed by atoms with E-state index >= 15 is 0 Å². The molecule has 0 aliphatic rings. The predicted octanol–water partition coefficient (Wildman–Crippen LogP) is 2.76. The minimum Gasteiger partial charge on any atom is -0.481 e. The zero-order valence-electron chi connectivity index (χ0n) is 6.96. The lowest BCUT2D eigenvalue weighted by molar-refractivity contribution is -0.135. The highest BCUT2D eigenvalue weighted by atomic mass is 79.9. The van der Waals surface area contributed by atoms with Crippen molar-refractivity contribution in [2.45, 2.75) is 6.42 Å². The Morgan fingerprint density at radius 1 is 1.43 bits per heavy atom. The third-order valence-corrected chi connectivity index (χ3v) is 2.36. The van der Waals surface area contributed by atoms with Gasteiger partial charge in [-0.05, 0) is 18.2 Å². The summed E-state index contributed by atoms with van der Waals surface area (Å²) in [6.07, 6.45) is -0.545. The first-order valence-corrected chi connectivity index (χ1v) is 4.88. The summed E-state index contributed by atoms with van der Waals surface area (Å²) in [6, 6.07) is 4.73. The molecule has 0 spiro atoms. The highest BCUT2D eigenvalue weighted by Crippen LogP contribution is 2.22. The molecule has 1 N–H and O–H groups in total. The first kappa shape index (κ1) is 11.2. The highest BCUT2D eigenvalue weighted by Gasteiger charge is 2.14. The maximum atomic E-state index is 11.3. The molecule has 0 aromatic heterocycles. The van der Waals surface area contributed by atoms with Crippen molar-refractivity contribution in [3.05, 3.63) is 33.3 Å². The molecular weight excluding hydrogens is 271 g/mol. The van der Waals surface area contributed by atoms with E-state index in [0.717, 1.165) is 0 Å². The van der Waals surface area contributed by atoms with Crippen LogP contribution in [0.5, 0.6) is 0 Å². The maximum Gasteiger partial charge on any atom is 0.311 e. The van der Waals surface area contributed by atoms with Crippen molar-refractivity contribution < 1.29 is 14.7 Å².